The molecule has 4 nitrogen and oxygen atoms in total. The first-order chi connectivity index (χ1) is 7.81. The molecular formula is C13H25ClN2O2. The summed E-state index contributed by atoms with van der Waals surface area (Å²) in [4.78, 5) is 12.3. The molecule has 1 heterocycles. The lowest BCUT2D eigenvalue weighted by molar-refractivity contribution is -0.225. The van der Waals surface area contributed by atoms with Crippen molar-refractivity contribution in [3.05, 3.63) is 0 Å². The van der Waals surface area contributed by atoms with Crippen LogP contribution >= 0.6 is 12.4 Å². The minimum atomic E-state index is -0.775. The normalized spacial score (nSPS) is 37.2. The molecule has 2 aliphatic rings. The molecule has 2 rings (SSSR count). The SMILES string of the molecule is CC(C)NC(=O)C1(N)C2CCCOC2C1(C)C.Cl. The van der Waals surface area contributed by atoms with Gasteiger partial charge in [0.2, 0.25) is 5.91 Å². The lowest BCUT2D eigenvalue weighted by Gasteiger charge is -2.65. The van der Waals surface area contributed by atoms with Gasteiger partial charge in [-0.05, 0) is 26.7 Å². The highest BCUT2D eigenvalue weighted by Crippen LogP contribution is 2.57. The molecule has 18 heavy (non-hydrogen) atoms. The molecule has 1 aliphatic carbocycles. The number of rotatable bonds is 2. The highest BCUT2D eigenvalue weighted by molar-refractivity contribution is 5.89. The molecule has 0 radical (unpaired) electrons. The Kier molecular flexibility index (Phi) is 4.36. The second-order valence-corrected chi connectivity index (χ2v) is 6.26. The Hall–Kier alpha value is -0.320. The number of amides is 1. The van der Waals surface area contributed by atoms with Gasteiger partial charge in [0.15, 0.2) is 0 Å². The summed E-state index contributed by atoms with van der Waals surface area (Å²) in [6.07, 6.45) is 2.14. The van der Waals surface area contributed by atoms with E-state index in [0.29, 0.717) is 0 Å². The van der Waals surface area contributed by atoms with Crippen molar-refractivity contribution in [3.8, 4) is 0 Å². The van der Waals surface area contributed by atoms with E-state index in [0.717, 1.165) is 19.4 Å². The predicted molar refractivity (Wildman–Crippen MR) is 73.7 cm³/mol. The van der Waals surface area contributed by atoms with Crippen molar-refractivity contribution in [3.63, 3.8) is 0 Å². The molecule has 0 aromatic rings. The van der Waals surface area contributed by atoms with Crippen LogP contribution in [0.4, 0.5) is 0 Å². The number of halogens is 1. The number of carbonyl (C=O) groups is 1. The van der Waals surface area contributed by atoms with Gasteiger partial charge in [-0.15, -0.1) is 12.4 Å². The summed E-state index contributed by atoms with van der Waals surface area (Å²) in [5.41, 5.74) is 5.38. The first kappa shape index (κ1) is 15.7. The van der Waals surface area contributed by atoms with E-state index in [1.54, 1.807) is 0 Å². The van der Waals surface area contributed by atoms with Gasteiger partial charge < -0.3 is 15.8 Å². The van der Waals surface area contributed by atoms with E-state index in [-0.39, 0.29) is 41.8 Å². The molecule has 106 valence electrons. The van der Waals surface area contributed by atoms with E-state index in [2.05, 4.69) is 5.32 Å². The van der Waals surface area contributed by atoms with Gasteiger partial charge in [-0.25, -0.2) is 0 Å². The second-order valence-electron chi connectivity index (χ2n) is 6.26. The molecule has 3 unspecified atom stereocenters. The number of fused-ring (bicyclic) bond motifs is 1. The van der Waals surface area contributed by atoms with Crippen LogP contribution < -0.4 is 11.1 Å². The molecule has 0 spiro atoms. The van der Waals surface area contributed by atoms with E-state index in [1.165, 1.54) is 0 Å². The maximum atomic E-state index is 12.3. The van der Waals surface area contributed by atoms with Crippen molar-refractivity contribution in [2.45, 2.75) is 58.2 Å². The average molecular weight is 277 g/mol. The van der Waals surface area contributed by atoms with Gasteiger partial charge in [-0.3, -0.25) is 4.79 Å². The van der Waals surface area contributed by atoms with Crippen LogP contribution in [0, 0.1) is 11.3 Å². The number of hydrogen-bond acceptors (Lipinski definition) is 3. The van der Waals surface area contributed by atoms with Crippen LogP contribution in [-0.4, -0.2) is 30.2 Å². The molecule has 0 aromatic heterocycles. The summed E-state index contributed by atoms with van der Waals surface area (Å²) in [5.74, 6) is 0.147. The zero-order valence-electron chi connectivity index (χ0n) is 11.7. The summed E-state index contributed by atoms with van der Waals surface area (Å²) < 4.78 is 5.78. The average Bonchev–Trinajstić information content (AvgIpc) is 2.27. The molecular weight excluding hydrogens is 252 g/mol. The Morgan fingerprint density at radius 2 is 2.06 bits per heavy atom. The van der Waals surface area contributed by atoms with E-state index < -0.39 is 5.54 Å². The predicted octanol–water partition coefficient (Wildman–Crippen LogP) is 1.47. The van der Waals surface area contributed by atoms with E-state index in [9.17, 15) is 4.79 Å². The van der Waals surface area contributed by atoms with Crippen LogP contribution in [0.1, 0.15) is 40.5 Å². The van der Waals surface area contributed by atoms with Gasteiger partial charge in [0, 0.05) is 24.0 Å². The fourth-order valence-electron chi connectivity index (χ4n) is 3.42. The third-order valence-electron chi connectivity index (χ3n) is 4.48. The lowest BCUT2D eigenvalue weighted by atomic mass is 9.46. The Bertz CT molecular complexity index is 333. The van der Waals surface area contributed by atoms with E-state index in [4.69, 9.17) is 10.5 Å². The highest BCUT2D eigenvalue weighted by Gasteiger charge is 2.70. The molecule has 3 N–H and O–H groups in total. The minimum absolute atomic E-state index is 0. The number of hydrogen-bond donors (Lipinski definition) is 2. The molecule has 1 aliphatic heterocycles. The fraction of sp³-hybridized carbons (Fsp3) is 0.923. The van der Waals surface area contributed by atoms with Gasteiger partial charge in [-0.2, -0.15) is 0 Å². The van der Waals surface area contributed by atoms with Crippen molar-refractivity contribution >= 4 is 18.3 Å². The van der Waals surface area contributed by atoms with Crippen molar-refractivity contribution < 1.29 is 9.53 Å². The molecule has 5 heteroatoms. The second kappa shape index (κ2) is 4.99. The Labute approximate surface area is 115 Å². The molecule has 0 bridgehead atoms. The summed E-state index contributed by atoms with van der Waals surface area (Å²) >= 11 is 0. The lowest BCUT2D eigenvalue weighted by Crippen LogP contribution is -2.82. The molecule has 1 saturated heterocycles. The number of nitrogens with one attached hydrogen (secondary N) is 1. The first-order valence-electron chi connectivity index (χ1n) is 6.53. The Balaban J connectivity index is 0.00000162. The highest BCUT2D eigenvalue weighted by atomic mass is 35.5. The topological polar surface area (TPSA) is 64.4 Å². The number of nitrogens with two attached hydrogens (primary N) is 1. The van der Waals surface area contributed by atoms with Crippen molar-refractivity contribution in [1.82, 2.24) is 5.32 Å². The van der Waals surface area contributed by atoms with Crippen molar-refractivity contribution in [1.29, 1.82) is 0 Å². The third kappa shape index (κ3) is 1.95. The largest absolute Gasteiger partial charge is 0.377 e. The van der Waals surface area contributed by atoms with Crippen LogP contribution in [0.2, 0.25) is 0 Å². The third-order valence-corrected chi connectivity index (χ3v) is 4.48. The Morgan fingerprint density at radius 1 is 1.44 bits per heavy atom. The van der Waals surface area contributed by atoms with E-state index in [1.807, 2.05) is 27.7 Å². The molecule has 0 aromatic carbocycles. The van der Waals surface area contributed by atoms with Crippen LogP contribution in [0.25, 0.3) is 0 Å². The van der Waals surface area contributed by atoms with Gasteiger partial charge in [0.05, 0.1) is 6.10 Å². The zero-order chi connectivity index (χ0) is 12.8. The summed E-state index contributed by atoms with van der Waals surface area (Å²) in [5, 5.41) is 2.95. The van der Waals surface area contributed by atoms with Gasteiger partial charge >= 0.3 is 0 Å². The molecule has 1 saturated carbocycles. The van der Waals surface area contributed by atoms with Crippen molar-refractivity contribution in [2.24, 2.45) is 17.1 Å². The Morgan fingerprint density at radius 3 is 2.61 bits per heavy atom. The standard InChI is InChI=1S/C13H24N2O2.ClH/c1-8(2)15-11(16)13(14)9-6-5-7-17-10(9)12(13,3)4;/h8-10H,5-7,14H2,1-4H3,(H,15,16);1H. The van der Waals surface area contributed by atoms with Gasteiger partial charge in [0.25, 0.3) is 0 Å². The summed E-state index contributed by atoms with van der Waals surface area (Å²) in [6, 6.07) is 0.127. The fourth-order valence-corrected chi connectivity index (χ4v) is 3.42. The van der Waals surface area contributed by atoms with Gasteiger partial charge in [0.1, 0.15) is 5.54 Å². The quantitative estimate of drug-likeness (QED) is 0.803. The molecule has 1 amide bonds. The maximum absolute atomic E-state index is 12.3. The van der Waals surface area contributed by atoms with Crippen LogP contribution in [0.3, 0.4) is 0 Å². The molecule has 3 atom stereocenters. The van der Waals surface area contributed by atoms with Crippen molar-refractivity contribution in [2.75, 3.05) is 6.61 Å². The smallest absolute Gasteiger partial charge is 0.241 e. The maximum Gasteiger partial charge on any atom is 0.241 e. The number of carbonyl (C=O) groups excluding carboxylic acids is 1. The first-order valence-corrected chi connectivity index (χ1v) is 6.53. The zero-order valence-corrected chi connectivity index (χ0v) is 12.5. The van der Waals surface area contributed by atoms with Crippen LogP contribution in [0.5, 0.6) is 0 Å². The molecule has 2 fully saturated rings. The van der Waals surface area contributed by atoms with Crippen LogP contribution in [-0.2, 0) is 9.53 Å². The summed E-state index contributed by atoms with van der Waals surface area (Å²) in [7, 11) is 0. The monoisotopic (exact) mass is 276 g/mol. The van der Waals surface area contributed by atoms with Gasteiger partial charge in [-0.1, -0.05) is 13.8 Å². The van der Waals surface area contributed by atoms with Crippen LogP contribution in [0.15, 0.2) is 0 Å². The van der Waals surface area contributed by atoms with E-state index >= 15 is 0 Å². The number of ether oxygens (including phenoxy) is 1. The summed E-state index contributed by atoms with van der Waals surface area (Å²) in [6.45, 7) is 8.80. The minimum Gasteiger partial charge on any atom is -0.377 e.